The van der Waals surface area contributed by atoms with Crippen LogP contribution in [0.3, 0.4) is 0 Å². The van der Waals surface area contributed by atoms with Crippen LogP contribution in [0.4, 0.5) is 0 Å². The van der Waals surface area contributed by atoms with Gasteiger partial charge in [-0.25, -0.2) is 4.79 Å². The second-order valence-corrected chi connectivity index (χ2v) is 3.44. The highest BCUT2D eigenvalue weighted by Gasteiger charge is 2.07. The first-order valence-corrected chi connectivity index (χ1v) is 5.34. The zero-order valence-electron chi connectivity index (χ0n) is 10.4. The van der Waals surface area contributed by atoms with Crippen molar-refractivity contribution in [3.8, 4) is 5.75 Å². The Morgan fingerprint density at radius 3 is 2.83 bits per heavy atom. The molecular formula is C12H17NO5. The minimum atomic E-state index is -0.591. The van der Waals surface area contributed by atoms with Gasteiger partial charge in [0.05, 0.1) is 12.7 Å². The van der Waals surface area contributed by atoms with Crippen molar-refractivity contribution >= 4 is 5.97 Å². The summed E-state index contributed by atoms with van der Waals surface area (Å²) in [5, 5.41) is 0. The molecule has 0 aromatic heterocycles. The topological polar surface area (TPSA) is 80.0 Å². The normalized spacial score (nSPS) is 11.9. The first-order valence-electron chi connectivity index (χ1n) is 5.34. The van der Waals surface area contributed by atoms with Gasteiger partial charge in [-0.05, 0) is 18.2 Å². The van der Waals surface area contributed by atoms with Gasteiger partial charge in [0.25, 0.3) is 0 Å². The highest BCUT2D eigenvalue weighted by Crippen LogP contribution is 2.14. The molecule has 1 aromatic rings. The Morgan fingerprint density at radius 1 is 1.39 bits per heavy atom. The van der Waals surface area contributed by atoms with Crippen LogP contribution < -0.4 is 10.5 Å². The summed E-state index contributed by atoms with van der Waals surface area (Å²) < 4.78 is 19.8. The molecule has 0 saturated heterocycles. The minimum absolute atomic E-state index is 0.104. The molecule has 1 unspecified atom stereocenters. The number of carbonyl (C=O) groups is 1. The van der Waals surface area contributed by atoms with Crippen molar-refractivity contribution in [2.75, 3.05) is 27.6 Å². The van der Waals surface area contributed by atoms with Gasteiger partial charge in [0.15, 0.2) is 0 Å². The molecule has 0 amide bonds. The van der Waals surface area contributed by atoms with Gasteiger partial charge in [-0.2, -0.15) is 0 Å². The molecule has 18 heavy (non-hydrogen) atoms. The number of hydrogen-bond donors (Lipinski definition) is 1. The van der Waals surface area contributed by atoms with Crippen molar-refractivity contribution in [1.82, 2.24) is 0 Å². The summed E-state index contributed by atoms with van der Waals surface area (Å²) in [6, 6.07) is 6.63. The molecule has 0 radical (unpaired) electrons. The third-order valence-electron chi connectivity index (χ3n) is 2.07. The second-order valence-electron chi connectivity index (χ2n) is 3.44. The summed E-state index contributed by atoms with van der Waals surface area (Å²) in [7, 11) is 2.83. The zero-order chi connectivity index (χ0) is 13.4. The Balaban J connectivity index is 2.49. The molecule has 0 fully saturated rings. The van der Waals surface area contributed by atoms with Crippen LogP contribution in [0.15, 0.2) is 24.3 Å². The van der Waals surface area contributed by atoms with Crippen molar-refractivity contribution in [3.63, 3.8) is 0 Å². The van der Waals surface area contributed by atoms with E-state index in [0.29, 0.717) is 11.3 Å². The number of hydrogen-bond acceptors (Lipinski definition) is 6. The Labute approximate surface area is 106 Å². The van der Waals surface area contributed by atoms with Gasteiger partial charge in [-0.3, -0.25) is 0 Å². The van der Waals surface area contributed by atoms with E-state index in [0.717, 1.165) is 0 Å². The van der Waals surface area contributed by atoms with Crippen LogP contribution in [0.1, 0.15) is 10.4 Å². The molecular weight excluding hydrogens is 238 g/mol. The van der Waals surface area contributed by atoms with Crippen molar-refractivity contribution in [2.24, 2.45) is 5.73 Å². The quantitative estimate of drug-likeness (QED) is 0.572. The van der Waals surface area contributed by atoms with E-state index in [1.165, 1.54) is 14.2 Å². The van der Waals surface area contributed by atoms with E-state index in [1.54, 1.807) is 24.3 Å². The first kappa shape index (κ1) is 14.4. The van der Waals surface area contributed by atoms with Crippen LogP contribution in [0, 0.1) is 0 Å². The molecule has 1 rings (SSSR count). The van der Waals surface area contributed by atoms with Gasteiger partial charge < -0.3 is 24.7 Å². The molecule has 0 bridgehead atoms. The maximum Gasteiger partial charge on any atom is 0.337 e. The molecule has 2 N–H and O–H groups in total. The third kappa shape index (κ3) is 4.70. The number of ether oxygens (including phenoxy) is 4. The highest BCUT2D eigenvalue weighted by atomic mass is 16.7. The molecule has 0 saturated carbocycles. The van der Waals surface area contributed by atoms with E-state index in [2.05, 4.69) is 4.74 Å². The van der Waals surface area contributed by atoms with Crippen LogP contribution in [0.25, 0.3) is 0 Å². The van der Waals surface area contributed by atoms with Crippen molar-refractivity contribution in [2.45, 2.75) is 6.23 Å². The largest absolute Gasteiger partial charge is 0.489 e. The van der Waals surface area contributed by atoms with Gasteiger partial charge in [0, 0.05) is 7.11 Å². The number of carbonyl (C=O) groups excluding carboxylic acids is 1. The summed E-state index contributed by atoms with van der Waals surface area (Å²) >= 11 is 0. The number of nitrogens with two attached hydrogens (primary N) is 1. The van der Waals surface area contributed by atoms with E-state index >= 15 is 0 Å². The van der Waals surface area contributed by atoms with Gasteiger partial charge in [-0.15, -0.1) is 0 Å². The Hall–Kier alpha value is -1.63. The molecule has 1 atom stereocenters. The van der Waals surface area contributed by atoms with Crippen molar-refractivity contribution in [1.29, 1.82) is 0 Å². The molecule has 100 valence electrons. The molecule has 1 aromatic carbocycles. The Kier molecular flexibility index (Phi) is 6.13. The lowest BCUT2D eigenvalue weighted by molar-refractivity contribution is -0.0812. The lowest BCUT2D eigenvalue weighted by Gasteiger charge is -2.13. The lowest BCUT2D eigenvalue weighted by Crippen LogP contribution is -2.31. The Morgan fingerprint density at radius 2 is 2.17 bits per heavy atom. The van der Waals surface area contributed by atoms with E-state index < -0.39 is 12.2 Å². The summed E-state index contributed by atoms with van der Waals surface area (Å²) in [5.41, 5.74) is 6.03. The fourth-order valence-electron chi connectivity index (χ4n) is 1.21. The zero-order valence-corrected chi connectivity index (χ0v) is 10.4. The highest BCUT2D eigenvalue weighted by molar-refractivity contribution is 5.89. The van der Waals surface area contributed by atoms with Crippen LogP contribution in [0.5, 0.6) is 5.75 Å². The average molecular weight is 255 g/mol. The Bertz CT molecular complexity index is 382. The second kappa shape index (κ2) is 7.65. The summed E-state index contributed by atoms with van der Waals surface area (Å²) in [4.78, 5) is 11.3. The van der Waals surface area contributed by atoms with Crippen LogP contribution in [-0.4, -0.2) is 39.8 Å². The smallest absolute Gasteiger partial charge is 0.337 e. The first-order chi connectivity index (χ1) is 8.67. The molecule has 0 spiro atoms. The van der Waals surface area contributed by atoms with E-state index in [9.17, 15) is 4.79 Å². The summed E-state index contributed by atoms with van der Waals surface area (Å²) in [6.45, 7) is 0.265. The molecule has 0 aliphatic carbocycles. The van der Waals surface area contributed by atoms with E-state index in [4.69, 9.17) is 19.9 Å². The average Bonchev–Trinajstić information content (AvgIpc) is 2.42. The monoisotopic (exact) mass is 255 g/mol. The van der Waals surface area contributed by atoms with Gasteiger partial charge >= 0.3 is 5.97 Å². The number of rotatable bonds is 7. The maximum atomic E-state index is 11.3. The van der Waals surface area contributed by atoms with E-state index in [-0.39, 0.29) is 13.4 Å². The number of benzene rings is 1. The number of esters is 1. The molecule has 6 heteroatoms. The van der Waals surface area contributed by atoms with Gasteiger partial charge in [0.1, 0.15) is 25.4 Å². The van der Waals surface area contributed by atoms with Crippen molar-refractivity contribution in [3.05, 3.63) is 29.8 Å². The van der Waals surface area contributed by atoms with Crippen LogP contribution in [-0.2, 0) is 14.2 Å². The predicted molar refractivity (Wildman–Crippen MR) is 64.2 cm³/mol. The SMILES string of the molecule is COCOC(N)COc1cccc(C(=O)OC)c1. The standard InChI is InChI=1S/C12H17NO5/c1-15-8-18-11(13)7-17-10-5-3-4-9(6-10)12(14)16-2/h3-6,11H,7-8,13H2,1-2H3. The molecule has 6 nitrogen and oxygen atoms in total. The van der Waals surface area contributed by atoms with E-state index in [1.807, 2.05) is 0 Å². The molecule has 0 heterocycles. The molecule has 0 aliphatic rings. The summed E-state index contributed by atoms with van der Waals surface area (Å²) in [5.74, 6) is 0.106. The van der Waals surface area contributed by atoms with Gasteiger partial charge in [-0.1, -0.05) is 6.07 Å². The van der Waals surface area contributed by atoms with Crippen LogP contribution in [0.2, 0.25) is 0 Å². The number of methoxy groups -OCH3 is 2. The summed E-state index contributed by atoms with van der Waals surface area (Å²) in [6.07, 6.45) is -0.591. The maximum absolute atomic E-state index is 11.3. The van der Waals surface area contributed by atoms with Crippen molar-refractivity contribution < 1.29 is 23.7 Å². The lowest BCUT2D eigenvalue weighted by atomic mass is 10.2. The fraction of sp³-hybridized carbons (Fsp3) is 0.417. The third-order valence-corrected chi connectivity index (χ3v) is 2.07. The van der Waals surface area contributed by atoms with Crippen LogP contribution >= 0.6 is 0 Å². The fourth-order valence-corrected chi connectivity index (χ4v) is 1.21. The molecule has 0 aliphatic heterocycles. The minimum Gasteiger partial charge on any atom is -0.489 e. The van der Waals surface area contributed by atoms with Gasteiger partial charge in [0.2, 0.25) is 0 Å². The predicted octanol–water partition coefficient (Wildman–Crippen LogP) is 0.757.